The van der Waals surface area contributed by atoms with Crippen molar-refractivity contribution >= 4 is 41.0 Å². The molecule has 0 saturated carbocycles. The summed E-state index contributed by atoms with van der Waals surface area (Å²) in [7, 11) is 0. The quantitative estimate of drug-likeness (QED) is 0.363. The highest BCUT2D eigenvalue weighted by atomic mass is 35.5. The van der Waals surface area contributed by atoms with Crippen LogP contribution in [0, 0.1) is 0 Å². The molecule has 1 atom stereocenters. The molecule has 1 amide bonds. The molecule has 1 aliphatic heterocycles. The number of rotatable bonds is 0. The monoisotopic (exact) mass is 231 g/mol. The summed E-state index contributed by atoms with van der Waals surface area (Å²) in [5.74, 6) is -0.767. The lowest BCUT2D eigenvalue weighted by Gasteiger charge is -2.17. The summed E-state index contributed by atoms with van der Waals surface area (Å²) in [6.45, 7) is 0. The van der Waals surface area contributed by atoms with Gasteiger partial charge < -0.3 is 4.74 Å². The second-order valence-electron chi connectivity index (χ2n) is 2.66. The predicted molar refractivity (Wildman–Crippen MR) is 50.6 cm³/mol. The number of halogens is 2. The molecule has 14 heavy (non-hydrogen) atoms. The third-order valence-electron chi connectivity index (χ3n) is 1.72. The molecule has 4 nitrogen and oxygen atoms in total. The molecule has 0 spiro atoms. The van der Waals surface area contributed by atoms with Crippen LogP contribution in [-0.4, -0.2) is 23.2 Å². The maximum Gasteiger partial charge on any atom is 0.442 e. The highest BCUT2D eigenvalue weighted by Crippen LogP contribution is 2.25. The van der Waals surface area contributed by atoms with Gasteiger partial charge in [0.25, 0.3) is 0 Å². The number of fused-ring (bicyclic) bond motifs is 1. The van der Waals surface area contributed by atoms with Crippen LogP contribution < -0.4 is 0 Å². The Labute approximate surface area is 88.8 Å². The van der Waals surface area contributed by atoms with E-state index in [-0.39, 0.29) is 16.3 Å². The Morgan fingerprint density at radius 2 is 2.07 bits per heavy atom. The van der Waals surface area contributed by atoms with Gasteiger partial charge in [0, 0.05) is 0 Å². The topological polar surface area (TPSA) is 55.7 Å². The molecule has 2 rings (SSSR count). The Balaban J connectivity index is 2.54. The molecule has 0 fully saturated rings. The fourth-order valence-electron chi connectivity index (χ4n) is 1.16. The Kier molecular flexibility index (Phi) is 2.17. The predicted octanol–water partition coefficient (Wildman–Crippen LogP) is 1.77. The van der Waals surface area contributed by atoms with Crippen molar-refractivity contribution in [2.75, 3.05) is 0 Å². The maximum atomic E-state index is 11.2. The van der Waals surface area contributed by atoms with Gasteiger partial charge in [-0.1, -0.05) is 11.6 Å². The number of esters is 1. The van der Waals surface area contributed by atoms with Crippen LogP contribution in [0.15, 0.2) is 27.7 Å². The van der Waals surface area contributed by atoms with Crippen molar-refractivity contribution in [1.82, 2.24) is 0 Å². The number of carbonyl (C=O) groups excluding carboxylic acids is 2. The van der Waals surface area contributed by atoms with Gasteiger partial charge in [0.1, 0.15) is 5.71 Å². The van der Waals surface area contributed by atoms with E-state index in [2.05, 4.69) is 9.73 Å². The van der Waals surface area contributed by atoms with Crippen LogP contribution in [0.3, 0.4) is 0 Å². The number of cyclic esters (lactones) is 2. The zero-order valence-electron chi connectivity index (χ0n) is 6.66. The first-order valence-electron chi connectivity index (χ1n) is 3.66. The van der Waals surface area contributed by atoms with Crippen LogP contribution in [0.2, 0.25) is 0 Å². The molecule has 1 heterocycles. The van der Waals surface area contributed by atoms with Crippen molar-refractivity contribution in [3.63, 3.8) is 0 Å². The highest BCUT2D eigenvalue weighted by Gasteiger charge is 2.31. The van der Waals surface area contributed by atoms with Crippen LogP contribution >= 0.6 is 23.2 Å². The summed E-state index contributed by atoms with van der Waals surface area (Å²) < 4.78 is 4.27. The van der Waals surface area contributed by atoms with Gasteiger partial charge in [0.2, 0.25) is 0 Å². The number of nitrogens with zero attached hydrogens (tertiary/aromatic N) is 1. The summed E-state index contributed by atoms with van der Waals surface area (Å²) in [4.78, 5) is 25.4. The van der Waals surface area contributed by atoms with Crippen LogP contribution in [0.5, 0.6) is 0 Å². The van der Waals surface area contributed by atoms with E-state index in [1.807, 2.05) is 0 Å². The molecule has 0 saturated heterocycles. The number of aliphatic imine (C=N–C) groups is 1. The molecular weight excluding hydrogens is 229 g/mol. The second kappa shape index (κ2) is 3.22. The van der Waals surface area contributed by atoms with Crippen LogP contribution in [0.4, 0.5) is 4.79 Å². The third-order valence-corrected chi connectivity index (χ3v) is 2.27. The number of allylic oxidation sites excluding steroid dienone is 3. The Bertz CT molecular complexity index is 422. The molecule has 0 N–H and O–H groups in total. The van der Waals surface area contributed by atoms with Crippen molar-refractivity contribution in [2.24, 2.45) is 4.99 Å². The fraction of sp³-hybridized carbons (Fsp3) is 0.125. The minimum atomic E-state index is -0.957. The Morgan fingerprint density at radius 3 is 2.79 bits per heavy atom. The largest absolute Gasteiger partial charge is 0.442 e. The molecule has 6 heteroatoms. The first kappa shape index (κ1) is 9.43. The van der Waals surface area contributed by atoms with Gasteiger partial charge in [0.15, 0.2) is 0 Å². The van der Waals surface area contributed by atoms with Crippen molar-refractivity contribution in [3.05, 3.63) is 22.8 Å². The highest BCUT2D eigenvalue weighted by molar-refractivity contribution is 6.52. The standard InChI is InChI=1S/C8H3Cl2NO3/c9-3-1-4-6(5(10)2-3)11-8(13)14-7(4)12/h1-3H. The average molecular weight is 232 g/mol. The molecule has 2 aliphatic rings. The van der Waals surface area contributed by atoms with Gasteiger partial charge in [-0.15, -0.1) is 11.6 Å². The molecule has 72 valence electrons. The van der Waals surface area contributed by atoms with Crippen molar-refractivity contribution in [1.29, 1.82) is 0 Å². The van der Waals surface area contributed by atoms with E-state index >= 15 is 0 Å². The van der Waals surface area contributed by atoms with Crippen molar-refractivity contribution in [2.45, 2.75) is 5.38 Å². The molecule has 0 aromatic carbocycles. The third kappa shape index (κ3) is 1.47. The normalized spacial score (nSPS) is 25.9. The van der Waals surface area contributed by atoms with Crippen LogP contribution in [0.25, 0.3) is 0 Å². The molecule has 1 aliphatic carbocycles. The Morgan fingerprint density at radius 1 is 1.36 bits per heavy atom. The number of amides is 1. The van der Waals surface area contributed by atoms with E-state index in [1.54, 1.807) is 0 Å². The zero-order chi connectivity index (χ0) is 10.3. The van der Waals surface area contributed by atoms with Gasteiger partial charge in [-0.05, 0) is 12.2 Å². The number of alkyl halides is 1. The van der Waals surface area contributed by atoms with Gasteiger partial charge in [-0.25, -0.2) is 9.59 Å². The molecular formula is C8H3Cl2NO3. The lowest BCUT2D eigenvalue weighted by atomic mass is 10.0. The minimum Gasteiger partial charge on any atom is -0.371 e. The van der Waals surface area contributed by atoms with E-state index in [1.165, 1.54) is 12.2 Å². The number of hydrogen-bond donors (Lipinski definition) is 0. The molecule has 0 aromatic heterocycles. The van der Waals surface area contributed by atoms with E-state index in [9.17, 15) is 9.59 Å². The average Bonchev–Trinajstić information content (AvgIpc) is 2.07. The van der Waals surface area contributed by atoms with Gasteiger partial charge >= 0.3 is 12.1 Å². The minimum absolute atomic E-state index is 0.129. The molecule has 0 radical (unpaired) electrons. The van der Waals surface area contributed by atoms with E-state index in [4.69, 9.17) is 23.2 Å². The van der Waals surface area contributed by atoms with E-state index in [0.29, 0.717) is 0 Å². The van der Waals surface area contributed by atoms with Crippen LogP contribution in [0.1, 0.15) is 0 Å². The number of carbonyl (C=O) groups is 2. The fourth-order valence-corrected chi connectivity index (χ4v) is 1.76. The van der Waals surface area contributed by atoms with Crippen molar-refractivity contribution in [3.8, 4) is 0 Å². The van der Waals surface area contributed by atoms with Crippen molar-refractivity contribution < 1.29 is 14.3 Å². The summed E-state index contributed by atoms with van der Waals surface area (Å²) in [5.41, 5.74) is 0.266. The number of hydrogen-bond acceptors (Lipinski definition) is 3. The molecule has 0 bridgehead atoms. The first-order valence-corrected chi connectivity index (χ1v) is 4.48. The zero-order valence-corrected chi connectivity index (χ0v) is 8.17. The number of ether oxygens (including phenoxy) is 1. The van der Waals surface area contributed by atoms with Gasteiger partial charge in [-0.3, -0.25) is 0 Å². The maximum absolute atomic E-state index is 11.2. The van der Waals surface area contributed by atoms with E-state index in [0.717, 1.165) is 0 Å². The summed E-state index contributed by atoms with van der Waals surface area (Å²) in [5, 5.41) is -0.301. The molecule has 0 aromatic rings. The molecule has 1 unspecified atom stereocenters. The summed E-state index contributed by atoms with van der Waals surface area (Å²) in [6, 6.07) is 0. The Hall–Kier alpha value is -1.13. The smallest absolute Gasteiger partial charge is 0.371 e. The SMILES string of the molecule is O=C1N=C2C(Cl)=CC(Cl)C=C2C(=O)O1. The lowest BCUT2D eigenvalue weighted by Crippen LogP contribution is -2.28. The van der Waals surface area contributed by atoms with Gasteiger partial charge in [0.05, 0.1) is 16.0 Å². The van der Waals surface area contributed by atoms with Crippen LogP contribution in [-0.2, 0) is 9.53 Å². The lowest BCUT2D eigenvalue weighted by molar-refractivity contribution is -0.132. The summed E-state index contributed by atoms with van der Waals surface area (Å²) >= 11 is 11.5. The second-order valence-corrected chi connectivity index (χ2v) is 3.57. The van der Waals surface area contributed by atoms with Gasteiger partial charge in [-0.2, -0.15) is 4.99 Å². The summed E-state index contributed by atoms with van der Waals surface area (Å²) in [6.07, 6.45) is 1.96. The van der Waals surface area contributed by atoms with E-state index < -0.39 is 17.4 Å². The first-order chi connectivity index (χ1) is 6.58.